The molecule has 1 aromatic rings. The normalized spacial score (nSPS) is 20.4. The van der Waals surface area contributed by atoms with E-state index >= 15 is 0 Å². The lowest BCUT2D eigenvalue weighted by Gasteiger charge is -2.33. The molecule has 1 saturated heterocycles. The molecule has 1 amide bonds. The van der Waals surface area contributed by atoms with Crippen LogP contribution >= 0.6 is 11.3 Å². The monoisotopic (exact) mass is 326 g/mol. The molecule has 1 unspecified atom stereocenters. The number of rotatable bonds is 4. The number of likely N-dealkylation sites (tertiary alicyclic amines) is 1. The van der Waals surface area contributed by atoms with E-state index in [4.69, 9.17) is 0 Å². The number of carbonyl (C=O) groups is 1. The van der Waals surface area contributed by atoms with Crippen LogP contribution in [-0.4, -0.2) is 50.8 Å². The largest absolute Gasteiger partial charge is 0.389 e. The fourth-order valence-electron chi connectivity index (χ4n) is 2.74. The standard InChI is InChI=1S/C15H26N4O2S/c1-14(2,3)12-17-18-13(22-12)16-11(20)9-19-8-6-7-10(19)15(4,5)21/h10,21H,6-9H2,1-5H3,(H,16,18,20). The van der Waals surface area contributed by atoms with E-state index in [1.165, 1.54) is 11.3 Å². The highest BCUT2D eigenvalue weighted by Crippen LogP contribution is 2.28. The first-order valence-corrected chi connectivity index (χ1v) is 8.49. The maximum absolute atomic E-state index is 12.2. The molecule has 0 bridgehead atoms. The van der Waals surface area contributed by atoms with Crippen LogP contribution in [0.5, 0.6) is 0 Å². The summed E-state index contributed by atoms with van der Waals surface area (Å²) in [6.45, 7) is 10.9. The summed E-state index contributed by atoms with van der Waals surface area (Å²) in [6.07, 6.45) is 1.93. The Bertz CT molecular complexity index is 530. The van der Waals surface area contributed by atoms with Crippen LogP contribution in [0.3, 0.4) is 0 Å². The fourth-order valence-corrected chi connectivity index (χ4v) is 3.55. The molecule has 2 rings (SSSR count). The molecule has 1 aliphatic rings. The van der Waals surface area contributed by atoms with E-state index in [0.717, 1.165) is 24.4 Å². The molecular weight excluding hydrogens is 300 g/mol. The number of carbonyl (C=O) groups excluding carboxylic acids is 1. The first kappa shape index (κ1) is 17.3. The maximum atomic E-state index is 12.2. The Hall–Kier alpha value is -1.05. The van der Waals surface area contributed by atoms with Crippen molar-refractivity contribution in [3.63, 3.8) is 0 Å². The van der Waals surface area contributed by atoms with E-state index in [-0.39, 0.29) is 23.9 Å². The summed E-state index contributed by atoms with van der Waals surface area (Å²) in [5, 5.41) is 22.6. The highest BCUT2D eigenvalue weighted by Gasteiger charge is 2.36. The SMILES string of the molecule is CC(C)(C)c1nnc(NC(=O)CN2CCCC2C(C)(C)O)s1. The van der Waals surface area contributed by atoms with Crippen molar-refractivity contribution in [3.05, 3.63) is 5.01 Å². The van der Waals surface area contributed by atoms with Crippen molar-refractivity contribution >= 4 is 22.4 Å². The van der Waals surface area contributed by atoms with E-state index in [1.54, 1.807) is 13.8 Å². The minimum atomic E-state index is -0.793. The summed E-state index contributed by atoms with van der Waals surface area (Å²) in [6, 6.07) is 0.0257. The van der Waals surface area contributed by atoms with Crippen LogP contribution in [0.15, 0.2) is 0 Å². The van der Waals surface area contributed by atoms with Crippen molar-refractivity contribution in [3.8, 4) is 0 Å². The van der Waals surface area contributed by atoms with Gasteiger partial charge in [-0.15, -0.1) is 10.2 Å². The van der Waals surface area contributed by atoms with Crippen LogP contribution < -0.4 is 5.32 Å². The molecule has 0 saturated carbocycles. The Kier molecular flexibility index (Phi) is 4.89. The minimum Gasteiger partial charge on any atom is -0.389 e. The first-order valence-electron chi connectivity index (χ1n) is 7.67. The third-order valence-electron chi connectivity index (χ3n) is 3.84. The lowest BCUT2D eigenvalue weighted by molar-refractivity contribution is -0.118. The van der Waals surface area contributed by atoms with Gasteiger partial charge in [-0.2, -0.15) is 0 Å². The molecule has 1 fully saturated rings. The third kappa shape index (κ3) is 4.24. The molecule has 7 heteroatoms. The highest BCUT2D eigenvalue weighted by atomic mass is 32.1. The van der Waals surface area contributed by atoms with Gasteiger partial charge in [-0.05, 0) is 33.2 Å². The van der Waals surface area contributed by atoms with Crippen molar-refractivity contribution < 1.29 is 9.90 Å². The van der Waals surface area contributed by atoms with Gasteiger partial charge in [-0.3, -0.25) is 15.0 Å². The van der Waals surface area contributed by atoms with Crippen molar-refractivity contribution in [2.75, 3.05) is 18.4 Å². The molecule has 6 nitrogen and oxygen atoms in total. The summed E-state index contributed by atoms with van der Waals surface area (Å²) < 4.78 is 0. The molecule has 2 heterocycles. The van der Waals surface area contributed by atoms with Gasteiger partial charge in [0.25, 0.3) is 0 Å². The van der Waals surface area contributed by atoms with Crippen molar-refractivity contribution in [2.45, 2.75) is 64.5 Å². The number of hydrogen-bond donors (Lipinski definition) is 2. The average Bonchev–Trinajstić information content (AvgIpc) is 2.95. The summed E-state index contributed by atoms with van der Waals surface area (Å²) in [4.78, 5) is 14.2. The lowest BCUT2D eigenvalue weighted by Crippen LogP contribution is -2.48. The molecule has 2 N–H and O–H groups in total. The molecule has 1 atom stereocenters. The van der Waals surface area contributed by atoms with Crippen LogP contribution in [0.4, 0.5) is 5.13 Å². The van der Waals surface area contributed by atoms with Gasteiger partial charge in [-0.25, -0.2) is 0 Å². The molecule has 0 spiro atoms. The molecule has 0 radical (unpaired) electrons. The zero-order valence-electron chi connectivity index (χ0n) is 14.0. The zero-order valence-corrected chi connectivity index (χ0v) is 14.8. The second-order valence-electron chi connectivity index (χ2n) is 7.49. The molecule has 124 valence electrons. The van der Waals surface area contributed by atoms with Gasteiger partial charge in [-0.1, -0.05) is 32.1 Å². The number of nitrogens with zero attached hydrogens (tertiary/aromatic N) is 3. The molecule has 0 aliphatic carbocycles. The van der Waals surface area contributed by atoms with Gasteiger partial charge in [0.15, 0.2) is 0 Å². The zero-order chi connectivity index (χ0) is 16.5. The Morgan fingerprint density at radius 3 is 2.59 bits per heavy atom. The van der Waals surface area contributed by atoms with E-state index in [2.05, 4.69) is 36.3 Å². The first-order chi connectivity index (χ1) is 10.1. The van der Waals surface area contributed by atoms with Gasteiger partial charge >= 0.3 is 0 Å². The lowest BCUT2D eigenvalue weighted by atomic mass is 9.97. The van der Waals surface area contributed by atoms with Gasteiger partial charge in [0.05, 0.1) is 12.1 Å². The van der Waals surface area contributed by atoms with Crippen molar-refractivity contribution in [2.24, 2.45) is 0 Å². The molecule has 22 heavy (non-hydrogen) atoms. The Labute approximate surface area is 135 Å². The second kappa shape index (κ2) is 6.22. The maximum Gasteiger partial charge on any atom is 0.240 e. The number of nitrogens with one attached hydrogen (secondary N) is 1. The Morgan fingerprint density at radius 2 is 2.05 bits per heavy atom. The quantitative estimate of drug-likeness (QED) is 0.885. The molecule has 1 aliphatic heterocycles. The van der Waals surface area contributed by atoms with Crippen LogP contribution in [0.1, 0.15) is 52.5 Å². The van der Waals surface area contributed by atoms with Crippen molar-refractivity contribution in [1.29, 1.82) is 0 Å². The van der Waals surface area contributed by atoms with E-state index in [9.17, 15) is 9.90 Å². The number of anilines is 1. The van der Waals surface area contributed by atoms with Gasteiger partial charge in [0, 0.05) is 11.5 Å². The van der Waals surface area contributed by atoms with Crippen LogP contribution in [0.2, 0.25) is 0 Å². The topological polar surface area (TPSA) is 78.4 Å². The summed E-state index contributed by atoms with van der Waals surface area (Å²) in [5.41, 5.74) is -0.861. The Balaban J connectivity index is 1.94. The highest BCUT2D eigenvalue weighted by molar-refractivity contribution is 7.15. The summed E-state index contributed by atoms with van der Waals surface area (Å²) >= 11 is 1.41. The number of aliphatic hydroxyl groups is 1. The van der Waals surface area contributed by atoms with Crippen LogP contribution in [-0.2, 0) is 10.2 Å². The van der Waals surface area contributed by atoms with Crippen LogP contribution in [0, 0.1) is 0 Å². The van der Waals surface area contributed by atoms with Gasteiger partial charge in [0.2, 0.25) is 11.0 Å². The average molecular weight is 326 g/mol. The minimum absolute atomic E-state index is 0.0257. The van der Waals surface area contributed by atoms with E-state index in [0.29, 0.717) is 5.13 Å². The Morgan fingerprint density at radius 1 is 1.36 bits per heavy atom. The predicted octanol–water partition coefficient (Wildman–Crippen LogP) is 2.01. The van der Waals surface area contributed by atoms with Gasteiger partial charge in [0.1, 0.15) is 5.01 Å². The number of hydrogen-bond acceptors (Lipinski definition) is 6. The molecule has 0 aromatic carbocycles. The third-order valence-corrected chi connectivity index (χ3v) is 5.10. The van der Waals surface area contributed by atoms with Crippen molar-refractivity contribution in [1.82, 2.24) is 15.1 Å². The van der Waals surface area contributed by atoms with E-state index < -0.39 is 5.60 Å². The molecular formula is C15H26N4O2S. The predicted molar refractivity (Wildman–Crippen MR) is 88.1 cm³/mol. The summed E-state index contributed by atoms with van der Waals surface area (Å²) in [7, 11) is 0. The fraction of sp³-hybridized carbons (Fsp3) is 0.800. The van der Waals surface area contributed by atoms with Crippen LogP contribution in [0.25, 0.3) is 0 Å². The summed E-state index contributed by atoms with van der Waals surface area (Å²) in [5.74, 6) is -0.104. The number of aromatic nitrogens is 2. The smallest absolute Gasteiger partial charge is 0.240 e. The molecule has 1 aromatic heterocycles. The van der Waals surface area contributed by atoms with Gasteiger partial charge < -0.3 is 5.11 Å². The number of amides is 1. The second-order valence-corrected chi connectivity index (χ2v) is 8.47. The van der Waals surface area contributed by atoms with E-state index in [1.807, 2.05) is 4.90 Å².